The molecule has 0 radical (unpaired) electrons. The second-order valence-electron chi connectivity index (χ2n) is 10.2. The van der Waals surface area contributed by atoms with Crippen LogP contribution >= 0.6 is 0 Å². The number of pyridine rings is 1. The van der Waals surface area contributed by atoms with Gasteiger partial charge in [0.1, 0.15) is 22.9 Å². The zero-order valence-electron chi connectivity index (χ0n) is 20.8. The first kappa shape index (κ1) is 23.6. The minimum absolute atomic E-state index is 0.172. The molecule has 188 valence electrons. The molecular formula is C30H32N6O. The fraction of sp³-hybridized carbons (Fsp3) is 0.300. The van der Waals surface area contributed by atoms with Crippen molar-refractivity contribution in [1.29, 1.82) is 0 Å². The Balaban J connectivity index is 1.35. The van der Waals surface area contributed by atoms with Gasteiger partial charge in [0.05, 0.1) is 16.8 Å². The highest BCUT2D eigenvalue weighted by atomic mass is 16.3. The van der Waals surface area contributed by atoms with Crippen molar-refractivity contribution >= 4 is 22.2 Å². The molecule has 7 nitrogen and oxygen atoms in total. The first-order chi connectivity index (χ1) is 18.0. The Morgan fingerprint density at radius 3 is 2.57 bits per heavy atom. The van der Waals surface area contributed by atoms with Gasteiger partial charge >= 0.3 is 0 Å². The smallest absolute Gasteiger partial charge is 0.150 e. The number of aliphatic hydroxyl groups is 1. The number of fused-ring (bicyclic) bond motifs is 2. The Morgan fingerprint density at radius 1 is 0.946 bits per heavy atom. The van der Waals surface area contributed by atoms with E-state index in [1.165, 1.54) is 0 Å². The van der Waals surface area contributed by atoms with Gasteiger partial charge in [-0.3, -0.25) is 4.40 Å². The van der Waals surface area contributed by atoms with Gasteiger partial charge in [-0.25, -0.2) is 15.0 Å². The molecule has 0 bridgehead atoms. The topological polar surface area (TPSA) is 115 Å². The van der Waals surface area contributed by atoms with Crippen molar-refractivity contribution < 1.29 is 5.11 Å². The summed E-state index contributed by atoms with van der Waals surface area (Å²) in [4.78, 5) is 14.4. The van der Waals surface area contributed by atoms with Crippen molar-refractivity contribution in [3.63, 3.8) is 0 Å². The first-order valence-corrected chi connectivity index (χ1v) is 13.1. The second kappa shape index (κ2) is 9.57. The number of rotatable bonds is 8. The summed E-state index contributed by atoms with van der Waals surface area (Å²) < 4.78 is 2.05. The maximum absolute atomic E-state index is 11.0. The molecule has 0 unspecified atom stereocenters. The molecule has 1 fully saturated rings. The lowest BCUT2D eigenvalue weighted by Gasteiger charge is -2.43. The molecule has 1 saturated carbocycles. The van der Waals surface area contributed by atoms with Gasteiger partial charge in [-0.15, -0.1) is 0 Å². The number of nitrogens with zero attached hydrogens (tertiary/aromatic N) is 4. The van der Waals surface area contributed by atoms with Crippen LogP contribution in [0, 0.1) is 0 Å². The van der Waals surface area contributed by atoms with E-state index in [4.69, 9.17) is 21.4 Å². The van der Waals surface area contributed by atoms with Gasteiger partial charge in [0.25, 0.3) is 0 Å². The number of aromatic nitrogens is 4. The molecule has 0 amide bonds. The van der Waals surface area contributed by atoms with Gasteiger partial charge in [-0.2, -0.15) is 0 Å². The van der Waals surface area contributed by atoms with Crippen molar-refractivity contribution in [3.8, 4) is 22.5 Å². The molecule has 5 N–H and O–H groups in total. The first-order valence-electron chi connectivity index (χ1n) is 13.1. The van der Waals surface area contributed by atoms with E-state index >= 15 is 0 Å². The number of nitrogen functional groups attached to an aromatic ring is 1. The Kier molecular flexibility index (Phi) is 6.10. The van der Waals surface area contributed by atoms with Crippen LogP contribution in [0.25, 0.3) is 38.9 Å². The van der Waals surface area contributed by atoms with E-state index in [9.17, 15) is 5.11 Å². The van der Waals surface area contributed by atoms with E-state index in [-0.39, 0.29) is 5.92 Å². The predicted octanol–water partition coefficient (Wildman–Crippen LogP) is 5.32. The molecule has 6 rings (SSSR count). The monoisotopic (exact) mass is 492 g/mol. The summed E-state index contributed by atoms with van der Waals surface area (Å²) >= 11 is 0. The van der Waals surface area contributed by atoms with Crippen LogP contribution in [0.3, 0.4) is 0 Å². The molecule has 1 aliphatic rings. The fourth-order valence-electron chi connectivity index (χ4n) is 5.63. The zero-order chi connectivity index (χ0) is 25.4. The van der Waals surface area contributed by atoms with Gasteiger partial charge in [0.2, 0.25) is 0 Å². The Labute approximate surface area is 216 Å². The van der Waals surface area contributed by atoms with Gasteiger partial charge in [0.15, 0.2) is 0 Å². The average Bonchev–Trinajstić information content (AvgIpc) is 3.30. The molecular weight excluding hydrogens is 460 g/mol. The van der Waals surface area contributed by atoms with E-state index in [1.54, 1.807) is 6.20 Å². The number of hydrogen-bond acceptors (Lipinski definition) is 6. The van der Waals surface area contributed by atoms with Crippen LogP contribution in [0.1, 0.15) is 50.3 Å². The number of unbranched alkanes of at least 4 members (excludes halogenated alkanes) is 2. The number of nitrogens with two attached hydrogens (primary N) is 2. The van der Waals surface area contributed by atoms with E-state index < -0.39 is 5.60 Å². The van der Waals surface area contributed by atoms with Crippen molar-refractivity contribution in [2.75, 3.05) is 12.3 Å². The van der Waals surface area contributed by atoms with Crippen LogP contribution in [-0.2, 0) is 0 Å². The molecule has 37 heavy (non-hydrogen) atoms. The highest BCUT2D eigenvalue weighted by Gasteiger charge is 2.44. The number of benzene rings is 2. The SMILES string of the molecule is NCCCCC[C@]1(O)C[C@H](c2nc(-c3ccc4ccc(-c5ccccc5)nc4c3)c3c(N)nccn32)C1. The molecule has 1 aliphatic carbocycles. The molecule has 0 atom stereocenters. The average molecular weight is 493 g/mol. The molecule has 7 heteroatoms. The molecule has 0 saturated heterocycles. The van der Waals surface area contributed by atoms with Crippen molar-refractivity contribution in [2.24, 2.45) is 5.73 Å². The zero-order valence-corrected chi connectivity index (χ0v) is 20.8. The number of anilines is 1. The normalized spacial score (nSPS) is 19.4. The van der Waals surface area contributed by atoms with Crippen molar-refractivity contribution in [3.05, 3.63) is 78.9 Å². The van der Waals surface area contributed by atoms with Gasteiger partial charge < -0.3 is 16.6 Å². The van der Waals surface area contributed by atoms with E-state index in [0.29, 0.717) is 25.2 Å². The van der Waals surface area contributed by atoms with Gasteiger partial charge in [-0.05, 0) is 44.4 Å². The van der Waals surface area contributed by atoms with E-state index in [1.807, 2.05) is 28.8 Å². The molecule has 0 aliphatic heterocycles. The van der Waals surface area contributed by atoms with Gasteiger partial charge in [-0.1, -0.05) is 61.4 Å². The lowest BCUT2D eigenvalue weighted by molar-refractivity contribution is -0.0591. The molecule has 3 heterocycles. The summed E-state index contributed by atoms with van der Waals surface area (Å²) in [5.41, 5.74) is 16.8. The Hall–Kier alpha value is -3.81. The quantitative estimate of drug-likeness (QED) is 0.253. The van der Waals surface area contributed by atoms with Crippen LogP contribution in [-0.4, -0.2) is 36.6 Å². The number of hydrogen-bond donors (Lipinski definition) is 3. The van der Waals surface area contributed by atoms with Crippen molar-refractivity contribution in [2.45, 2.75) is 50.0 Å². The predicted molar refractivity (Wildman–Crippen MR) is 148 cm³/mol. The van der Waals surface area contributed by atoms with Crippen LogP contribution < -0.4 is 11.5 Å². The fourth-order valence-corrected chi connectivity index (χ4v) is 5.63. The summed E-state index contributed by atoms with van der Waals surface area (Å²) in [5, 5.41) is 12.1. The maximum atomic E-state index is 11.0. The van der Waals surface area contributed by atoms with Gasteiger partial charge in [0, 0.05) is 34.8 Å². The third kappa shape index (κ3) is 4.45. The molecule has 2 aromatic carbocycles. The standard InChI is InChI=1S/C30H32N6O/c31-14-6-2-5-13-30(37)18-23(19-30)29-35-26(27-28(32)33-15-16-36(27)29)22-10-9-21-11-12-24(34-25(21)17-22)20-7-3-1-4-8-20/h1,3-4,7-12,15-17,23,37H,2,5-6,13-14,18-19,31H2,(H2,32,33)/t23-,30-. The summed E-state index contributed by atoms with van der Waals surface area (Å²) in [7, 11) is 0. The largest absolute Gasteiger partial charge is 0.390 e. The summed E-state index contributed by atoms with van der Waals surface area (Å²) in [6, 6.07) is 20.6. The van der Waals surface area contributed by atoms with Crippen LogP contribution in [0.4, 0.5) is 5.82 Å². The van der Waals surface area contributed by atoms with Crippen LogP contribution in [0.15, 0.2) is 73.1 Å². The number of imidazole rings is 1. The minimum Gasteiger partial charge on any atom is -0.390 e. The minimum atomic E-state index is -0.620. The second-order valence-corrected chi connectivity index (χ2v) is 10.2. The molecule has 3 aromatic heterocycles. The lowest BCUT2D eigenvalue weighted by atomic mass is 9.68. The van der Waals surface area contributed by atoms with Crippen LogP contribution in [0.5, 0.6) is 0 Å². The summed E-state index contributed by atoms with van der Waals surface area (Å²) in [5.74, 6) is 1.54. The highest BCUT2D eigenvalue weighted by molar-refractivity contribution is 5.91. The van der Waals surface area contributed by atoms with E-state index in [0.717, 1.165) is 70.4 Å². The van der Waals surface area contributed by atoms with Crippen LogP contribution in [0.2, 0.25) is 0 Å². The summed E-state index contributed by atoms with van der Waals surface area (Å²) in [6.07, 6.45) is 8.92. The highest BCUT2D eigenvalue weighted by Crippen LogP contribution is 2.48. The molecule has 5 aromatic rings. The van der Waals surface area contributed by atoms with Crippen molar-refractivity contribution in [1.82, 2.24) is 19.4 Å². The Morgan fingerprint density at radius 2 is 1.76 bits per heavy atom. The molecule has 0 spiro atoms. The van der Waals surface area contributed by atoms with E-state index in [2.05, 4.69) is 47.4 Å². The Bertz CT molecular complexity index is 1560. The third-order valence-corrected chi connectivity index (χ3v) is 7.61. The lowest BCUT2D eigenvalue weighted by Crippen LogP contribution is -2.43. The summed E-state index contributed by atoms with van der Waals surface area (Å²) in [6.45, 7) is 0.706. The maximum Gasteiger partial charge on any atom is 0.150 e. The third-order valence-electron chi connectivity index (χ3n) is 7.61.